The van der Waals surface area contributed by atoms with Crippen LogP contribution in [-0.2, 0) is 14.4 Å². The highest BCUT2D eigenvalue weighted by atomic mass is 79.9. The fourth-order valence-corrected chi connectivity index (χ4v) is 9.44. The van der Waals surface area contributed by atoms with Crippen LogP contribution in [0.2, 0.25) is 0 Å². The Balaban J connectivity index is 1.45. The molecule has 3 saturated carbocycles. The maximum absolute atomic E-state index is 15.8. The monoisotopic (exact) mass is 573 g/mol. The van der Waals surface area contributed by atoms with Gasteiger partial charge in [0.25, 0.3) is 0 Å². The number of fused-ring (bicyclic) bond motifs is 7. The van der Waals surface area contributed by atoms with E-state index in [1.54, 1.807) is 11.1 Å². The highest BCUT2D eigenvalue weighted by Crippen LogP contribution is 2.76. The topological polar surface area (TPSA) is 87.1 Å². The fourth-order valence-electron chi connectivity index (χ4n) is 9.17. The lowest BCUT2D eigenvalue weighted by Gasteiger charge is -2.64. The van der Waals surface area contributed by atoms with E-state index in [0.717, 1.165) is 10.2 Å². The fraction of sp³-hybridized carbons (Fsp3) is 0.586. The van der Waals surface area contributed by atoms with Crippen LogP contribution >= 0.6 is 15.9 Å². The Hall–Kier alpha value is -1.87. The molecule has 0 aromatic heterocycles. The Morgan fingerprint density at radius 2 is 1.92 bits per heavy atom. The van der Waals surface area contributed by atoms with Gasteiger partial charge in [-0.1, -0.05) is 42.8 Å². The quantitative estimate of drug-likeness (QED) is 0.559. The number of allylic oxidation sites excluding steroid dienone is 4. The summed E-state index contributed by atoms with van der Waals surface area (Å²) < 4.78 is 16.8. The number of hydrogen-bond acceptors (Lipinski definition) is 6. The SMILES string of the molecule is CC12C=CC(=O)C=C1C(F)CC1C2C(O)CC2(C)C1(C)CC1CN(c3ccc(Br)cc3)OC12C(=O)CO. The molecule has 1 aromatic rings. The van der Waals surface area contributed by atoms with Gasteiger partial charge in [0.05, 0.1) is 18.3 Å². The Bertz CT molecular complexity index is 1230. The van der Waals surface area contributed by atoms with E-state index in [4.69, 9.17) is 4.84 Å². The van der Waals surface area contributed by atoms with Crippen LogP contribution in [0.1, 0.15) is 40.0 Å². The number of Topliss-reactive ketones (excluding diaryl/α,β-unsaturated/α-hetero) is 1. The third-order valence-corrected chi connectivity index (χ3v) is 11.5. The van der Waals surface area contributed by atoms with Gasteiger partial charge < -0.3 is 10.2 Å². The van der Waals surface area contributed by atoms with Crippen molar-refractivity contribution in [3.63, 3.8) is 0 Å². The molecule has 1 aliphatic heterocycles. The predicted octanol–water partition coefficient (Wildman–Crippen LogP) is 4.34. The molecule has 8 heteroatoms. The number of alkyl halides is 1. The van der Waals surface area contributed by atoms with Crippen LogP contribution in [0.25, 0.3) is 0 Å². The second-order valence-electron chi connectivity index (χ2n) is 12.3. The number of hydrogen-bond donors (Lipinski definition) is 2. The zero-order valence-corrected chi connectivity index (χ0v) is 22.9. The third-order valence-electron chi connectivity index (χ3n) is 10.9. The number of anilines is 1. The van der Waals surface area contributed by atoms with Gasteiger partial charge in [-0.15, -0.1) is 0 Å². The summed E-state index contributed by atoms with van der Waals surface area (Å²) in [6.45, 7) is 5.84. The minimum Gasteiger partial charge on any atom is -0.393 e. The van der Waals surface area contributed by atoms with E-state index in [-0.39, 0.29) is 36.4 Å². The van der Waals surface area contributed by atoms with Crippen LogP contribution in [0, 0.1) is 34.0 Å². The average molecular weight is 574 g/mol. The summed E-state index contributed by atoms with van der Waals surface area (Å²) in [4.78, 5) is 32.4. The standard InChI is InChI=1S/C29H33BrFNO5/c1-26-9-8-19(34)10-20(26)22(31)11-21-25(26)23(35)13-28(3)27(21,2)12-16-14-32(18-6-4-17(30)5-7-18)37-29(16,28)24(36)15-33/h4-10,16,21-23,25,33,35H,11-15H2,1-3H3. The average Bonchev–Trinajstić information content (AvgIpc) is 3.31. The van der Waals surface area contributed by atoms with E-state index < -0.39 is 46.5 Å². The molecule has 0 radical (unpaired) electrons. The summed E-state index contributed by atoms with van der Waals surface area (Å²) in [5.74, 6) is -1.38. The minimum atomic E-state index is -1.34. The van der Waals surface area contributed by atoms with E-state index >= 15 is 4.39 Å². The van der Waals surface area contributed by atoms with E-state index in [0.29, 0.717) is 18.5 Å². The molecule has 198 valence electrons. The summed E-state index contributed by atoms with van der Waals surface area (Å²) in [6, 6.07) is 7.64. The number of halogens is 2. The van der Waals surface area contributed by atoms with Crippen LogP contribution in [0.15, 0.2) is 52.5 Å². The first kappa shape index (κ1) is 25.4. The van der Waals surface area contributed by atoms with E-state index in [1.807, 2.05) is 38.1 Å². The van der Waals surface area contributed by atoms with Crippen molar-refractivity contribution in [1.29, 1.82) is 0 Å². The highest BCUT2D eigenvalue weighted by molar-refractivity contribution is 9.10. The molecule has 1 heterocycles. The van der Waals surface area contributed by atoms with Gasteiger partial charge in [-0.3, -0.25) is 19.5 Å². The molecule has 0 spiro atoms. The molecule has 4 fully saturated rings. The van der Waals surface area contributed by atoms with Crippen molar-refractivity contribution in [2.24, 2.45) is 34.0 Å². The van der Waals surface area contributed by atoms with Crippen LogP contribution in [-0.4, -0.2) is 52.8 Å². The first-order valence-corrected chi connectivity index (χ1v) is 13.8. The number of rotatable bonds is 3. The van der Waals surface area contributed by atoms with Crippen molar-refractivity contribution in [3.05, 3.63) is 52.5 Å². The predicted molar refractivity (Wildman–Crippen MR) is 139 cm³/mol. The first-order chi connectivity index (χ1) is 17.4. The van der Waals surface area contributed by atoms with Crippen LogP contribution < -0.4 is 5.06 Å². The number of hydroxylamine groups is 1. The van der Waals surface area contributed by atoms with E-state index in [2.05, 4.69) is 22.9 Å². The normalized spacial score (nSPS) is 46.1. The summed E-state index contributed by atoms with van der Waals surface area (Å²) in [7, 11) is 0. The van der Waals surface area contributed by atoms with E-state index in [9.17, 15) is 19.8 Å². The lowest BCUT2D eigenvalue weighted by molar-refractivity contribution is -0.216. The number of aliphatic hydroxyl groups excluding tert-OH is 2. The van der Waals surface area contributed by atoms with Gasteiger partial charge in [0.1, 0.15) is 12.8 Å². The molecule has 0 amide bonds. The van der Waals surface area contributed by atoms with Crippen LogP contribution in [0.4, 0.5) is 10.1 Å². The van der Waals surface area contributed by atoms with Crippen LogP contribution in [0.3, 0.4) is 0 Å². The number of carbonyl (C=O) groups excluding carboxylic acids is 2. The van der Waals surface area contributed by atoms with Gasteiger partial charge in [-0.25, -0.2) is 4.39 Å². The number of aliphatic hydroxyl groups is 2. The smallest absolute Gasteiger partial charge is 0.193 e. The molecule has 9 atom stereocenters. The van der Waals surface area contributed by atoms with Crippen molar-refractivity contribution in [2.45, 2.75) is 57.9 Å². The molecule has 4 aliphatic carbocycles. The van der Waals surface area contributed by atoms with Crippen molar-refractivity contribution in [2.75, 3.05) is 18.2 Å². The molecule has 1 aromatic carbocycles. The third kappa shape index (κ3) is 3.07. The molecule has 9 unspecified atom stereocenters. The van der Waals surface area contributed by atoms with E-state index in [1.165, 1.54) is 12.2 Å². The maximum Gasteiger partial charge on any atom is 0.193 e. The summed E-state index contributed by atoms with van der Waals surface area (Å²) in [6.07, 6.45) is 3.60. The number of nitrogens with zero attached hydrogens (tertiary/aromatic N) is 1. The molecule has 6 rings (SSSR count). The number of benzene rings is 1. The van der Waals surface area contributed by atoms with Gasteiger partial charge >= 0.3 is 0 Å². The first-order valence-electron chi connectivity index (χ1n) is 13.0. The summed E-state index contributed by atoms with van der Waals surface area (Å²) in [5.41, 5.74) is -2.24. The highest BCUT2D eigenvalue weighted by Gasteiger charge is 2.79. The van der Waals surface area contributed by atoms with Gasteiger partial charge in [0.2, 0.25) is 0 Å². The Labute approximate surface area is 224 Å². The van der Waals surface area contributed by atoms with Crippen LogP contribution in [0.5, 0.6) is 0 Å². The molecule has 2 N–H and O–H groups in total. The molecular weight excluding hydrogens is 541 g/mol. The second kappa shape index (κ2) is 8.07. The van der Waals surface area contributed by atoms with Gasteiger partial charge in [0.15, 0.2) is 17.2 Å². The van der Waals surface area contributed by atoms with Gasteiger partial charge in [0, 0.05) is 27.1 Å². The van der Waals surface area contributed by atoms with Gasteiger partial charge in [-0.05, 0) is 72.6 Å². The van der Waals surface area contributed by atoms with Crippen molar-refractivity contribution in [3.8, 4) is 0 Å². The molecular formula is C29H33BrFNO5. The van der Waals surface area contributed by atoms with Crippen molar-refractivity contribution >= 4 is 33.2 Å². The zero-order valence-electron chi connectivity index (χ0n) is 21.3. The number of ketones is 2. The van der Waals surface area contributed by atoms with Gasteiger partial charge in [-0.2, -0.15) is 0 Å². The Kier molecular flexibility index (Phi) is 5.54. The molecule has 37 heavy (non-hydrogen) atoms. The zero-order chi connectivity index (χ0) is 26.5. The minimum absolute atomic E-state index is 0.183. The van der Waals surface area contributed by atoms with Crippen molar-refractivity contribution < 1.29 is 29.0 Å². The molecule has 6 nitrogen and oxygen atoms in total. The Morgan fingerprint density at radius 1 is 1.22 bits per heavy atom. The number of carbonyl (C=O) groups is 2. The lowest BCUT2D eigenvalue weighted by atomic mass is 9.41. The van der Waals surface area contributed by atoms with Crippen molar-refractivity contribution in [1.82, 2.24) is 0 Å². The molecule has 5 aliphatic rings. The lowest BCUT2D eigenvalue weighted by Crippen LogP contribution is -2.67. The second-order valence-corrected chi connectivity index (χ2v) is 13.2. The largest absolute Gasteiger partial charge is 0.393 e. The summed E-state index contributed by atoms with van der Waals surface area (Å²) >= 11 is 3.45. The molecule has 1 saturated heterocycles. The molecule has 0 bridgehead atoms. The maximum atomic E-state index is 15.8. The summed E-state index contributed by atoms with van der Waals surface area (Å²) in [5, 5.41) is 23.7. The Morgan fingerprint density at radius 3 is 2.59 bits per heavy atom.